The van der Waals surface area contributed by atoms with Gasteiger partial charge in [0.05, 0.1) is 18.9 Å². The van der Waals surface area contributed by atoms with Gasteiger partial charge in [0, 0.05) is 0 Å². The van der Waals surface area contributed by atoms with Crippen molar-refractivity contribution >= 4 is 16.2 Å². The first-order valence-corrected chi connectivity index (χ1v) is 9.21. The fraction of sp³-hybridized carbons (Fsp3) is 0.929. The zero-order valence-corrected chi connectivity index (χ0v) is 14.2. The van der Waals surface area contributed by atoms with Crippen LogP contribution in [0.5, 0.6) is 0 Å². The summed E-state index contributed by atoms with van der Waals surface area (Å²) in [5.41, 5.74) is -0.584. The topological polar surface area (TPSA) is 81.7 Å². The van der Waals surface area contributed by atoms with Crippen LogP contribution in [0.2, 0.25) is 0 Å². The van der Waals surface area contributed by atoms with Gasteiger partial charge in [0.15, 0.2) is 0 Å². The zero-order chi connectivity index (χ0) is 16.1. The molecule has 0 aliphatic heterocycles. The van der Waals surface area contributed by atoms with E-state index in [9.17, 15) is 13.2 Å². The van der Waals surface area contributed by atoms with E-state index in [-0.39, 0.29) is 12.6 Å². The lowest BCUT2D eigenvalue weighted by Gasteiger charge is -2.25. The van der Waals surface area contributed by atoms with Gasteiger partial charge in [-0.25, -0.2) is 4.79 Å². The second kappa shape index (κ2) is 7.45. The Balaban J connectivity index is 2.55. The van der Waals surface area contributed by atoms with Gasteiger partial charge in [-0.1, -0.05) is 25.7 Å². The van der Waals surface area contributed by atoms with E-state index in [4.69, 9.17) is 8.92 Å². The molecule has 21 heavy (non-hydrogen) atoms. The summed E-state index contributed by atoms with van der Waals surface area (Å²) in [6, 6.07) is -0.349. The van der Waals surface area contributed by atoms with E-state index >= 15 is 0 Å². The molecule has 1 aliphatic carbocycles. The number of hydrogen-bond acceptors (Lipinski definition) is 5. The molecule has 1 rings (SSSR count). The summed E-state index contributed by atoms with van der Waals surface area (Å²) in [6.07, 6.45) is 5.80. The lowest BCUT2D eigenvalue weighted by molar-refractivity contribution is 0.0479. The van der Waals surface area contributed by atoms with E-state index in [0.29, 0.717) is 5.92 Å². The van der Waals surface area contributed by atoms with Crippen LogP contribution in [0.25, 0.3) is 0 Å². The molecular formula is C14H27NO5S. The first-order valence-electron chi connectivity index (χ1n) is 7.39. The van der Waals surface area contributed by atoms with Crippen molar-refractivity contribution in [3.63, 3.8) is 0 Å². The number of amides is 1. The predicted molar refractivity (Wildman–Crippen MR) is 80.5 cm³/mol. The minimum Gasteiger partial charge on any atom is -0.444 e. The number of carbonyl (C=O) groups is 1. The Morgan fingerprint density at radius 3 is 2.33 bits per heavy atom. The van der Waals surface area contributed by atoms with Crippen LogP contribution in [-0.4, -0.2) is 39.0 Å². The Labute approximate surface area is 127 Å². The maximum atomic E-state index is 11.8. The van der Waals surface area contributed by atoms with Gasteiger partial charge in [-0.15, -0.1) is 0 Å². The van der Waals surface area contributed by atoms with E-state index in [1.54, 1.807) is 20.8 Å². The van der Waals surface area contributed by atoms with Gasteiger partial charge in [0.25, 0.3) is 10.1 Å². The number of ether oxygens (including phenoxy) is 1. The number of hydrogen-bond donors (Lipinski definition) is 1. The Morgan fingerprint density at radius 2 is 1.86 bits per heavy atom. The highest BCUT2D eigenvalue weighted by Gasteiger charge is 2.25. The van der Waals surface area contributed by atoms with Crippen molar-refractivity contribution in [1.82, 2.24) is 5.32 Å². The summed E-state index contributed by atoms with van der Waals surface area (Å²) >= 11 is 0. The molecule has 0 radical (unpaired) electrons. The van der Waals surface area contributed by atoms with E-state index < -0.39 is 21.8 Å². The SMILES string of the molecule is CC(C)(C)OC(=O)NC(COS(C)(=O)=O)CC1CCCC1. The van der Waals surface area contributed by atoms with E-state index in [0.717, 1.165) is 25.5 Å². The second-order valence-electron chi connectivity index (χ2n) is 6.72. The van der Waals surface area contributed by atoms with Crippen molar-refractivity contribution in [3.8, 4) is 0 Å². The molecule has 0 aromatic rings. The van der Waals surface area contributed by atoms with Gasteiger partial charge in [-0.2, -0.15) is 8.42 Å². The fourth-order valence-corrected chi connectivity index (χ4v) is 2.91. The number of alkyl carbamates (subject to hydrolysis) is 1. The summed E-state index contributed by atoms with van der Waals surface area (Å²) in [5.74, 6) is 0.507. The standard InChI is InChI=1S/C14H27NO5S/c1-14(2,3)20-13(16)15-12(10-19-21(4,17)18)9-11-7-5-6-8-11/h11-12H,5-10H2,1-4H3,(H,15,16). The zero-order valence-electron chi connectivity index (χ0n) is 13.3. The summed E-state index contributed by atoms with van der Waals surface area (Å²) in [5, 5.41) is 2.72. The third-order valence-corrected chi connectivity index (χ3v) is 3.86. The van der Waals surface area contributed by atoms with Crippen LogP contribution in [0.4, 0.5) is 4.79 Å². The van der Waals surface area contributed by atoms with Crippen molar-refractivity contribution in [1.29, 1.82) is 0 Å². The second-order valence-corrected chi connectivity index (χ2v) is 8.36. The Morgan fingerprint density at radius 1 is 1.29 bits per heavy atom. The molecule has 7 heteroatoms. The minimum absolute atomic E-state index is 0.0470. The Hall–Kier alpha value is -0.820. The highest BCUT2D eigenvalue weighted by atomic mass is 32.2. The highest BCUT2D eigenvalue weighted by molar-refractivity contribution is 7.85. The smallest absolute Gasteiger partial charge is 0.407 e. The molecular weight excluding hydrogens is 294 g/mol. The Bertz CT molecular complexity index is 435. The molecule has 6 nitrogen and oxygen atoms in total. The normalized spacial score (nSPS) is 18.5. The molecule has 0 bridgehead atoms. The minimum atomic E-state index is -3.52. The molecule has 0 heterocycles. The third kappa shape index (κ3) is 8.93. The molecule has 0 aromatic carbocycles. The van der Waals surface area contributed by atoms with Crippen LogP contribution in [0.1, 0.15) is 52.9 Å². The number of nitrogens with one attached hydrogen (secondary N) is 1. The van der Waals surface area contributed by atoms with E-state index in [1.807, 2.05) is 0 Å². The summed E-state index contributed by atoms with van der Waals surface area (Å²) in [7, 11) is -3.52. The number of carbonyl (C=O) groups excluding carboxylic acids is 1. The average molecular weight is 321 g/mol. The van der Waals surface area contributed by atoms with Crippen molar-refractivity contribution in [2.45, 2.75) is 64.5 Å². The summed E-state index contributed by atoms with van der Waals surface area (Å²) < 4.78 is 32.3. The molecule has 1 atom stereocenters. The molecule has 0 spiro atoms. The average Bonchev–Trinajstić information content (AvgIpc) is 2.74. The van der Waals surface area contributed by atoms with Gasteiger partial charge in [0.2, 0.25) is 0 Å². The fourth-order valence-electron chi connectivity index (χ4n) is 2.50. The summed E-state index contributed by atoms with van der Waals surface area (Å²) in [6.45, 7) is 5.30. The van der Waals surface area contributed by atoms with Gasteiger partial charge in [-0.05, 0) is 33.1 Å². The van der Waals surface area contributed by atoms with Crippen LogP contribution >= 0.6 is 0 Å². The first kappa shape index (κ1) is 18.2. The molecule has 0 saturated heterocycles. The largest absolute Gasteiger partial charge is 0.444 e. The summed E-state index contributed by atoms with van der Waals surface area (Å²) in [4.78, 5) is 11.8. The van der Waals surface area contributed by atoms with Crippen molar-refractivity contribution in [2.24, 2.45) is 5.92 Å². The maximum absolute atomic E-state index is 11.8. The molecule has 1 N–H and O–H groups in total. The molecule has 1 unspecified atom stereocenters. The third-order valence-electron chi connectivity index (χ3n) is 3.30. The van der Waals surface area contributed by atoms with E-state index in [1.165, 1.54) is 12.8 Å². The highest BCUT2D eigenvalue weighted by Crippen LogP contribution is 2.28. The molecule has 0 aromatic heterocycles. The van der Waals surface area contributed by atoms with Crippen LogP contribution in [0, 0.1) is 5.92 Å². The maximum Gasteiger partial charge on any atom is 0.407 e. The Kier molecular flexibility index (Phi) is 6.46. The molecule has 1 fully saturated rings. The van der Waals surface area contributed by atoms with Crippen LogP contribution in [0.15, 0.2) is 0 Å². The van der Waals surface area contributed by atoms with Gasteiger partial charge in [0.1, 0.15) is 5.60 Å². The van der Waals surface area contributed by atoms with E-state index in [2.05, 4.69) is 5.32 Å². The molecule has 1 saturated carbocycles. The quantitative estimate of drug-likeness (QED) is 0.760. The van der Waals surface area contributed by atoms with Crippen LogP contribution < -0.4 is 5.32 Å². The van der Waals surface area contributed by atoms with Crippen molar-refractivity contribution in [3.05, 3.63) is 0 Å². The van der Waals surface area contributed by atoms with Gasteiger partial charge >= 0.3 is 6.09 Å². The monoisotopic (exact) mass is 321 g/mol. The van der Waals surface area contributed by atoms with Crippen molar-refractivity contribution < 1.29 is 22.1 Å². The van der Waals surface area contributed by atoms with Crippen LogP contribution in [0.3, 0.4) is 0 Å². The lowest BCUT2D eigenvalue weighted by Crippen LogP contribution is -2.42. The van der Waals surface area contributed by atoms with Gasteiger partial charge in [-0.3, -0.25) is 4.18 Å². The number of rotatable bonds is 6. The van der Waals surface area contributed by atoms with Crippen LogP contribution in [-0.2, 0) is 19.0 Å². The molecule has 1 amide bonds. The lowest BCUT2D eigenvalue weighted by atomic mass is 9.99. The van der Waals surface area contributed by atoms with Crippen molar-refractivity contribution in [2.75, 3.05) is 12.9 Å². The molecule has 124 valence electrons. The van der Waals surface area contributed by atoms with Gasteiger partial charge < -0.3 is 10.1 Å². The first-order chi connectivity index (χ1) is 9.55. The predicted octanol–water partition coefficient (Wildman–Crippen LogP) is 2.44. The molecule has 1 aliphatic rings.